The second kappa shape index (κ2) is 10.0. The van der Waals surface area contributed by atoms with Crippen LogP contribution in [-0.2, 0) is 15.9 Å². The van der Waals surface area contributed by atoms with Gasteiger partial charge in [-0.1, -0.05) is 42.5 Å². The van der Waals surface area contributed by atoms with Gasteiger partial charge in [-0.2, -0.15) is 0 Å². The molecule has 0 aliphatic carbocycles. The molecule has 1 aliphatic heterocycles. The van der Waals surface area contributed by atoms with Gasteiger partial charge >= 0.3 is 0 Å². The van der Waals surface area contributed by atoms with E-state index < -0.39 is 5.60 Å². The summed E-state index contributed by atoms with van der Waals surface area (Å²) < 4.78 is 12.3. The molecular weight excluding hydrogens is 386 g/mol. The lowest BCUT2D eigenvalue weighted by atomic mass is 9.96. The van der Waals surface area contributed by atoms with Gasteiger partial charge in [-0.3, -0.25) is 9.98 Å². The molecule has 0 saturated heterocycles. The van der Waals surface area contributed by atoms with E-state index in [4.69, 9.17) is 9.47 Å². The molecule has 1 aromatic heterocycles. The fourth-order valence-electron chi connectivity index (χ4n) is 3.79. The zero-order valence-corrected chi connectivity index (χ0v) is 17.7. The molecule has 4 rings (SSSR count). The first-order chi connectivity index (χ1) is 15.3. The van der Waals surface area contributed by atoms with Crippen LogP contribution in [0.1, 0.15) is 5.69 Å². The number of hydrogen-bond donors (Lipinski definition) is 0. The van der Waals surface area contributed by atoms with Gasteiger partial charge < -0.3 is 14.4 Å². The molecular formula is C26H27N3O2. The predicted octanol–water partition coefficient (Wildman–Crippen LogP) is 4.83. The number of nitrogens with zero attached hydrogens (tertiary/aromatic N) is 3. The van der Waals surface area contributed by atoms with Gasteiger partial charge in [0.05, 0.1) is 26.8 Å². The van der Waals surface area contributed by atoms with Crippen molar-refractivity contribution in [2.75, 3.05) is 31.7 Å². The molecule has 1 unspecified atom stereocenters. The van der Waals surface area contributed by atoms with E-state index in [0.717, 1.165) is 29.2 Å². The van der Waals surface area contributed by atoms with Gasteiger partial charge in [0.25, 0.3) is 0 Å². The smallest absolute Gasteiger partial charge is 0.162 e. The lowest BCUT2D eigenvalue weighted by Crippen LogP contribution is -2.50. The van der Waals surface area contributed by atoms with Gasteiger partial charge in [-0.15, -0.1) is 0 Å². The van der Waals surface area contributed by atoms with Crippen LogP contribution in [0.2, 0.25) is 0 Å². The molecule has 158 valence electrons. The Morgan fingerprint density at radius 2 is 1.58 bits per heavy atom. The van der Waals surface area contributed by atoms with Crippen LogP contribution in [0.4, 0.5) is 11.4 Å². The van der Waals surface area contributed by atoms with Crippen molar-refractivity contribution in [3.63, 3.8) is 0 Å². The zero-order valence-electron chi connectivity index (χ0n) is 17.7. The van der Waals surface area contributed by atoms with E-state index in [-0.39, 0.29) is 0 Å². The summed E-state index contributed by atoms with van der Waals surface area (Å²) in [5.74, 6) is 0.778. The second-order valence-electron chi connectivity index (χ2n) is 7.40. The molecule has 2 aromatic carbocycles. The number of allylic oxidation sites excluding steroid dienone is 1. The number of ether oxygens (including phenoxy) is 2. The molecule has 3 aromatic rings. The van der Waals surface area contributed by atoms with E-state index in [1.54, 1.807) is 13.3 Å². The topological polar surface area (TPSA) is 47.0 Å². The molecule has 2 heterocycles. The van der Waals surface area contributed by atoms with Crippen LogP contribution in [0.3, 0.4) is 0 Å². The Labute approximate surface area is 183 Å². The average Bonchev–Trinajstić information content (AvgIpc) is 2.85. The third kappa shape index (κ3) is 5.01. The average molecular weight is 414 g/mol. The van der Waals surface area contributed by atoms with Gasteiger partial charge in [0.15, 0.2) is 5.60 Å². The normalized spacial score (nSPS) is 17.8. The summed E-state index contributed by atoms with van der Waals surface area (Å²) in [6.45, 7) is 1.58. The lowest BCUT2D eigenvalue weighted by Gasteiger charge is -2.40. The first kappa shape index (κ1) is 20.8. The molecule has 0 N–H and O–H groups in total. The first-order valence-corrected chi connectivity index (χ1v) is 10.5. The summed E-state index contributed by atoms with van der Waals surface area (Å²) in [6.07, 6.45) is 6.22. The Balaban J connectivity index is 1.63. The molecule has 1 atom stereocenters. The van der Waals surface area contributed by atoms with E-state index in [0.29, 0.717) is 19.7 Å². The molecule has 0 amide bonds. The van der Waals surface area contributed by atoms with Crippen LogP contribution in [0.15, 0.2) is 102 Å². The van der Waals surface area contributed by atoms with Crippen molar-refractivity contribution < 1.29 is 9.47 Å². The highest BCUT2D eigenvalue weighted by Gasteiger charge is 2.40. The maximum Gasteiger partial charge on any atom is 0.162 e. The highest BCUT2D eigenvalue weighted by Crippen LogP contribution is 2.33. The largest absolute Gasteiger partial charge is 0.498 e. The minimum absolute atomic E-state index is 0.491. The van der Waals surface area contributed by atoms with E-state index in [2.05, 4.69) is 39.1 Å². The maximum atomic E-state index is 6.56. The van der Waals surface area contributed by atoms with Gasteiger partial charge in [0, 0.05) is 35.9 Å². The number of hydrogen-bond acceptors (Lipinski definition) is 5. The van der Waals surface area contributed by atoms with Crippen molar-refractivity contribution in [2.45, 2.75) is 12.0 Å². The van der Waals surface area contributed by atoms with E-state index in [9.17, 15) is 0 Å². The van der Waals surface area contributed by atoms with Crippen molar-refractivity contribution in [3.05, 3.63) is 103 Å². The Hall–Kier alpha value is -3.44. The van der Waals surface area contributed by atoms with Crippen LogP contribution >= 0.6 is 0 Å². The number of dihydropyridines is 1. The van der Waals surface area contributed by atoms with Crippen molar-refractivity contribution in [1.82, 2.24) is 4.98 Å². The van der Waals surface area contributed by atoms with Gasteiger partial charge in [-0.05, 0) is 42.5 Å². The number of anilines is 2. The molecule has 0 saturated carbocycles. The summed E-state index contributed by atoms with van der Waals surface area (Å²) in [5, 5.41) is 0. The number of para-hydroxylation sites is 2. The summed E-state index contributed by atoms with van der Waals surface area (Å²) in [7, 11) is 1.69. The van der Waals surface area contributed by atoms with E-state index >= 15 is 0 Å². The van der Waals surface area contributed by atoms with Crippen molar-refractivity contribution >= 4 is 17.6 Å². The quantitative estimate of drug-likeness (QED) is 0.504. The molecule has 0 fully saturated rings. The summed E-state index contributed by atoms with van der Waals surface area (Å²) in [4.78, 5) is 11.2. The SMILES string of the molecule is COC1=CC=NCC1(CN(c1ccccc1)c1ccccc1)OCCc1ccccn1. The third-order valence-electron chi connectivity index (χ3n) is 5.36. The van der Waals surface area contributed by atoms with Crippen LogP contribution in [0.25, 0.3) is 0 Å². The van der Waals surface area contributed by atoms with Gasteiger partial charge in [0.2, 0.25) is 0 Å². The third-order valence-corrected chi connectivity index (χ3v) is 5.36. The molecule has 0 spiro atoms. The van der Waals surface area contributed by atoms with Crippen molar-refractivity contribution in [3.8, 4) is 0 Å². The second-order valence-corrected chi connectivity index (χ2v) is 7.40. The lowest BCUT2D eigenvalue weighted by molar-refractivity contribution is -0.0368. The summed E-state index contributed by atoms with van der Waals surface area (Å²) in [6, 6.07) is 26.6. The Morgan fingerprint density at radius 3 is 2.19 bits per heavy atom. The van der Waals surface area contributed by atoms with Crippen LogP contribution in [0, 0.1) is 0 Å². The van der Waals surface area contributed by atoms with Crippen molar-refractivity contribution in [1.29, 1.82) is 0 Å². The molecule has 5 nitrogen and oxygen atoms in total. The van der Waals surface area contributed by atoms with Gasteiger partial charge in [-0.25, -0.2) is 0 Å². The van der Waals surface area contributed by atoms with Gasteiger partial charge in [0.1, 0.15) is 5.76 Å². The zero-order chi connectivity index (χ0) is 21.4. The molecule has 5 heteroatoms. The minimum Gasteiger partial charge on any atom is -0.498 e. The van der Waals surface area contributed by atoms with Crippen LogP contribution in [-0.4, -0.2) is 43.6 Å². The molecule has 1 aliphatic rings. The molecule has 0 bridgehead atoms. The molecule has 0 radical (unpaired) electrons. The Morgan fingerprint density at radius 1 is 0.903 bits per heavy atom. The van der Waals surface area contributed by atoms with Crippen LogP contribution in [0.5, 0.6) is 0 Å². The number of methoxy groups -OCH3 is 1. The maximum absolute atomic E-state index is 6.56. The molecule has 31 heavy (non-hydrogen) atoms. The number of aromatic nitrogens is 1. The Kier molecular flexibility index (Phi) is 6.75. The van der Waals surface area contributed by atoms with E-state index in [1.165, 1.54) is 0 Å². The Bertz CT molecular complexity index is 967. The number of rotatable bonds is 9. The fraction of sp³-hybridized carbons (Fsp3) is 0.231. The highest BCUT2D eigenvalue weighted by molar-refractivity contribution is 5.74. The van der Waals surface area contributed by atoms with Crippen LogP contribution < -0.4 is 4.90 Å². The number of aliphatic imine (C=N–C) groups is 1. The monoisotopic (exact) mass is 413 g/mol. The summed E-state index contributed by atoms with van der Waals surface area (Å²) in [5.41, 5.74) is 2.48. The minimum atomic E-state index is -0.704. The summed E-state index contributed by atoms with van der Waals surface area (Å²) >= 11 is 0. The fourth-order valence-corrected chi connectivity index (χ4v) is 3.79. The number of pyridine rings is 1. The standard InChI is InChI=1S/C26H27N3O2/c1-30-25-15-18-27-20-26(25,31-19-16-22-10-8-9-17-28-22)21-29(23-11-4-2-5-12-23)24-13-6-3-7-14-24/h2-15,17-18H,16,19-21H2,1H3. The highest BCUT2D eigenvalue weighted by atomic mass is 16.5. The first-order valence-electron chi connectivity index (χ1n) is 10.5. The predicted molar refractivity (Wildman–Crippen MR) is 125 cm³/mol. The van der Waals surface area contributed by atoms with E-state index in [1.807, 2.05) is 66.9 Å². The number of benzene rings is 2. The van der Waals surface area contributed by atoms with Crippen molar-refractivity contribution in [2.24, 2.45) is 4.99 Å².